The molecule has 190 valence electrons. The number of rotatable bonds is 3. The predicted molar refractivity (Wildman–Crippen MR) is 123 cm³/mol. The van der Waals surface area contributed by atoms with Crippen LogP contribution in [0.2, 0.25) is 0 Å². The van der Waals surface area contributed by atoms with Gasteiger partial charge in [0.05, 0.1) is 6.42 Å². The molecule has 0 aromatic heterocycles. The van der Waals surface area contributed by atoms with Crippen LogP contribution in [0.1, 0.15) is 72.6 Å². The Bertz CT molecular complexity index is 817. The van der Waals surface area contributed by atoms with Crippen LogP contribution in [-0.4, -0.2) is 94.2 Å². The second-order valence-electron chi connectivity index (χ2n) is 9.57. The van der Waals surface area contributed by atoms with E-state index in [1.54, 1.807) is 23.6 Å². The van der Waals surface area contributed by atoms with E-state index in [1.165, 1.54) is 4.90 Å². The molecule has 3 heterocycles. The van der Waals surface area contributed by atoms with Crippen LogP contribution in [0.5, 0.6) is 0 Å². The zero-order chi connectivity index (χ0) is 25.0. The lowest BCUT2D eigenvalue weighted by molar-refractivity contribution is -0.160. The van der Waals surface area contributed by atoms with Gasteiger partial charge in [-0.3, -0.25) is 19.2 Å². The van der Waals surface area contributed by atoms with Gasteiger partial charge < -0.3 is 24.8 Å². The van der Waals surface area contributed by atoms with Gasteiger partial charge in [0, 0.05) is 19.6 Å². The van der Waals surface area contributed by atoms with Gasteiger partial charge in [0.25, 0.3) is 0 Å². The number of nitrogens with zero attached hydrogens (tertiary/aromatic N) is 3. The van der Waals surface area contributed by atoms with E-state index >= 15 is 0 Å². The highest BCUT2D eigenvalue weighted by atomic mass is 16.5. The van der Waals surface area contributed by atoms with Crippen LogP contribution in [0.3, 0.4) is 0 Å². The third-order valence-corrected chi connectivity index (χ3v) is 6.99. The Morgan fingerprint density at radius 3 is 2.21 bits per heavy atom. The molecular weight excluding hydrogens is 440 g/mol. The van der Waals surface area contributed by atoms with E-state index in [0.29, 0.717) is 58.2 Å². The summed E-state index contributed by atoms with van der Waals surface area (Å²) in [5.41, 5.74) is 0. The van der Waals surface area contributed by atoms with Gasteiger partial charge in [-0.2, -0.15) is 0 Å². The number of amides is 4. The molecular formula is C24H38N4O6. The molecule has 1 N–H and O–H groups in total. The molecule has 4 amide bonds. The van der Waals surface area contributed by atoms with Crippen molar-refractivity contribution in [2.24, 2.45) is 0 Å². The molecule has 0 aromatic carbocycles. The lowest BCUT2D eigenvalue weighted by Crippen LogP contribution is -2.58. The van der Waals surface area contributed by atoms with Crippen molar-refractivity contribution >= 4 is 29.6 Å². The van der Waals surface area contributed by atoms with Crippen molar-refractivity contribution in [3.8, 4) is 0 Å². The first-order valence-corrected chi connectivity index (χ1v) is 12.6. The summed E-state index contributed by atoms with van der Waals surface area (Å²) >= 11 is 0. The van der Waals surface area contributed by atoms with Gasteiger partial charge in [-0.25, -0.2) is 4.79 Å². The van der Waals surface area contributed by atoms with Crippen molar-refractivity contribution in [2.75, 3.05) is 19.6 Å². The number of cyclic esters (lactones) is 1. The van der Waals surface area contributed by atoms with Crippen LogP contribution in [0, 0.1) is 0 Å². The Balaban J connectivity index is 1.95. The van der Waals surface area contributed by atoms with Crippen molar-refractivity contribution in [3.63, 3.8) is 0 Å². The average Bonchev–Trinajstić information content (AvgIpc) is 3.47. The van der Waals surface area contributed by atoms with Crippen LogP contribution in [0.4, 0.5) is 0 Å². The van der Waals surface area contributed by atoms with E-state index in [-0.39, 0.29) is 24.1 Å². The summed E-state index contributed by atoms with van der Waals surface area (Å²) in [6, 6.07) is -2.95. The summed E-state index contributed by atoms with van der Waals surface area (Å²) < 4.78 is 5.55. The van der Waals surface area contributed by atoms with Crippen LogP contribution in [0.15, 0.2) is 0 Å². The minimum absolute atomic E-state index is 0.0297. The molecule has 0 aliphatic carbocycles. The highest BCUT2D eigenvalue weighted by Crippen LogP contribution is 2.25. The fraction of sp³-hybridized carbons (Fsp3) is 0.792. The quantitative estimate of drug-likeness (QED) is 0.601. The minimum Gasteiger partial charge on any atom is -0.461 e. The highest BCUT2D eigenvalue weighted by Gasteiger charge is 2.42. The van der Waals surface area contributed by atoms with Gasteiger partial charge in [0.2, 0.25) is 23.6 Å². The maximum Gasteiger partial charge on any atom is 0.329 e. The Hall–Kier alpha value is -2.65. The minimum atomic E-state index is -0.844. The molecule has 0 spiro atoms. The lowest BCUT2D eigenvalue weighted by atomic mass is 10.1. The fourth-order valence-electron chi connectivity index (χ4n) is 5.30. The number of carbonyl (C=O) groups excluding carboxylic acids is 5. The first-order chi connectivity index (χ1) is 16.2. The molecule has 3 aliphatic rings. The first kappa shape index (κ1) is 26.0. The highest BCUT2D eigenvalue weighted by molar-refractivity contribution is 5.95. The third-order valence-electron chi connectivity index (χ3n) is 6.99. The third kappa shape index (κ3) is 5.36. The van der Waals surface area contributed by atoms with E-state index in [0.717, 1.165) is 0 Å². The van der Waals surface area contributed by atoms with Gasteiger partial charge in [0.15, 0.2) is 0 Å². The van der Waals surface area contributed by atoms with E-state index in [4.69, 9.17) is 4.74 Å². The van der Waals surface area contributed by atoms with Crippen LogP contribution >= 0.6 is 0 Å². The molecule has 34 heavy (non-hydrogen) atoms. The van der Waals surface area contributed by atoms with Gasteiger partial charge in [-0.15, -0.1) is 0 Å². The maximum atomic E-state index is 13.6. The largest absolute Gasteiger partial charge is 0.461 e. The van der Waals surface area contributed by atoms with Crippen molar-refractivity contribution in [1.29, 1.82) is 0 Å². The predicted octanol–water partition coefficient (Wildman–Crippen LogP) is 0.826. The van der Waals surface area contributed by atoms with Crippen molar-refractivity contribution in [3.05, 3.63) is 0 Å². The van der Waals surface area contributed by atoms with Gasteiger partial charge in [0.1, 0.15) is 30.3 Å². The monoisotopic (exact) mass is 478 g/mol. The lowest BCUT2D eigenvalue weighted by Gasteiger charge is -2.36. The fourth-order valence-corrected chi connectivity index (χ4v) is 5.30. The summed E-state index contributed by atoms with van der Waals surface area (Å²) in [6.07, 6.45) is 2.71. The van der Waals surface area contributed by atoms with Crippen molar-refractivity contribution < 1.29 is 28.7 Å². The van der Waals surface area contributed by atoms with Gasteiger partial charge in [-0.05, 0) is 52.4 Å². The SMILES string of the molecule is CCCN1C(=O)C2CCCN2C(=O)CC(C)OC(=O)C2CCCN2C(=O)C(C)NC(=O)C1CC. The summed E-state index contributed by atoms with van der Waals surface area (Å²) in [5.74, 6) is -1.78. The molecule has 5 atom stereocenters. The Morgan fingerprint density at radius 1 is 0.912 bits per heavy atom. The molecule has 0 aromatic rings. The number of nitrogens with one attached hydrogen (secondary N) is 1. The number of hydrogen-bond acceptors (Lipinski definition) is 6. The molecule has 0 saturated carbocycles. The van der Waals surface area contributed by atoms with E-state index in [9.17, 15) is 24.0 Å². The number of hydrogen-bond donors (Lipinski definition) is 1. The second kappa shape index (κ2) is 11.2. The Kier molecular flexibility index (Phi) is 8.54. The first-order valence-electron chi connectivity index (χ1n) is 12.6. The molecule has 3 saturated heterocycles. The number of fused-ring (bicyclic) bond motifs is 2. The smallest absolute Gasteiger partial charge is 0.329 e. The second-order valence-corrected chi connectivity index (χ2v) is 9.57. The maximum absolute atomic E-state index is 13.6. The molecule has 3 aliphatic heterocycles. The van der Waals surface area contributed by atoms with Gasteiger partial charge in [-0.1, -0.05) is 13.8 Å². The standard InChI is InChI=1S/C24H38N4O6/c1-5-11-27-17(6-2)21(30)25-16(4)22(31)28-13-8-10-19(28)24(33)34-15(3)14-20(29)26-12-7-9-18(26)23(27)32/h15-19H,5-14H2,1-4H3,(H,25,30). The molecule has 10 nitrogen and oxygen atoms in total. The molecule has 0 bridgehead atoms. The van der Waals surface area contributed by atoms with E-state index in [2.05, 4.69) is 5.32 Å². The van der Waals surface area contributed by atoms with Crippen molar-refractivity contribution in [1.82, 2.24) is 20.0 Å². The average molecular weight is 479 g/mol. The molecule has 3 rings (SSSR count). The topological polar surface area (TPSA) is 116 Å². The molecule has 3 fully saturated rings. The molecule has 5 unspecified atom stereocenters. The summed E-state index contributed by atoms with van der Waals surface area (Å²) in [5, 5.41) is 2.77. The van der Waals surface area contributed by atoms with Crippen molar-refractivity contribution in [2.45, 2.75) is 103 Å². The molecule has 0 radical (unpaired) electrons. The zero-order valence-electron chi connectivity index (χ0n) is 20.7. The number of carbonyl (C=O) groups is 5. The normalized spacial score (nSPS) is 31.9. The summed E-state index contributed by atoms with van der Waals surface area (Å²) in [4.78, 5) is 70.4. The van der Waals surface area contributed by atoms with Gasteiger partial charge >= 0.3 is 5.97 Å². The number of esters is 1. The Morgan fingerprint density at radius 2 is 1.56 bits per heavy atom. The Labute approximate surface area is 201 Å². The van der Waals surface area contributed by atoms with E-state index in [1.807, 2.05) is 13.8 Å². The summed E-state index contributed by atoms with van der Waals surface area (Å²) in [6.45, 7) is 8.27. The van der Waals surface area contributed by atoms with E-state index < -0.39 is 42.1 Å². The van der Waals surface area contributed by atoms with Crippen LogP contribution in [-0.2, 0) is 28.7 Å². The summed E-state index contributed by atoms with van der Waals surface area (Å²) in [7, 11) is 0. The molecule has 10 heteroatoms. The van der Waals surface area contributed by atoms with Crippen LogP contribution < -0.4 is 5.32 Å². The zero-order valence-corrected chi connectivity index (χ0v) is 20.7. The van der Waals surface area contributed by atoms with Crippen LogP contribution in [0.25, 0.3) is 0 Å². The number of ether oxygens (including phenoxy) is 1.